The maximum Gasteiger partial charge on any atom is 0.308 e. The number of amides is 2. The highest BCUT2D eigenvalue weighted by atomic mass is 32.2. The quantitative estimate of drug-likeness (QED) is 0.444. The summed E-state index contributed by atoms with van der Waals surface area (Å²) in [4.78, 5) is 45.0. The van der Waals surface area contributed by atoms with E-state index in [0.717, 1.165) is 0 Å². The van der Waals surface area contributed by atoms with E-state index in [1.54, 1.807) is 72.5 Å². The molecule has 0 aliphatic rings. The van der Waals surface area contributed by atoms with Gasteiger partial charge in [0, 0.05) is 60.0 Å². The van der Waals surface area contributed by atoms with Gasteiger partial charge in [-0.3, -0.25) is 19.2 Å². The molecule has 0 aromatic heterocycles. The van der Waals surface area contributed by atoms with Crippen molar-refractivity contribution in [2.24, 2.45) is 17.8 Å². The normalized spacial score (nSPS) is 10.3. The summed E-state index contributed by atoms with van der Waals surface area (Å²) in [6.07, 6.45) is 0. The molecule has 0 aromatic carbocycles. The molecule has 10 nitrogen and oxygen atoms in total. The predicted molar refractivity (Wildman–Crippen MR) is 157 cm³/mol. The number of rotatable bonds is 6. The highest BCUT2D eigenvalue weighted by Crippen LogP contribution is 2.01. The van der Waals surface area contributed by atoms with E-state index in [2.05, 4.69) is 4.74 Å². The van der Waals surface area contributed by atoms with Gasteiger partial charge in [-0.05, 0) is 34.6 Å². The fourth-order valence-electron chi connectivity index (χ4n) is 1.54. The van der Waals surface area contributed by atoms with Gasteiger partial charge in [-0.2, -0.15) is 0 Å². The fraction of sp³-hybridized carbons (Fsp3) is 0.852. The lowest BCUT2D eigenvalue weighted by Gasteiger charge is -2.18. The van der Waals surface area contributed by atoms with Crippen LogP contribution in [0.25, 0.3) is 0 Å². The first kappa shape index (κ1) is 45.9. The average Bonchev–Trinajstić information content (AvgIpc) is 2.78. The van der Waals surface area contributed by atoms with Gasteiger partial charge in [-0.15, -0.1) is 0 Å². The molecule has 0 rings (SSSR count). The minimum absolute atomic E-state index is 0.00463. The molecule has 0 atom stereocenters. The van der Waals surface area contributed by atoms with Crippen LogP contribution in [-0.4, -0.2) is 99.7 Å². The van der Waals surface area contributed by atoms with Gasteiger partial charge in [0.25, 0.3) is 0 Å². The Hall–Kier alpha value is -2.01. The SMILES string of the molecule is CC(=O)C(C)C.CC(=O)N(C)C(C)C.CC(C)C(=O)N(C)C.CC(C)S(=O)(=O)N(C)C.COC(=O)C(C)C. The number of hydrogen-bond acceptors (Lipinski definition) is 7. The Morgan fingerprint density at radius 3 is 1.00 bits per heavy atom. The fourth-order valence-corrected chi connectivity index (χ4v) is 2.38. The van der Waals surface area contributed by atoms with Crippen LogP contribution in [0.3, 0.4) is 0 Å². The lowest BCUT2D eigenvalue weighted by atomic mass is 10.1. The molecule has 0 aliphatic heterocycles. The van der Waals surface area contributed by atoms with Gasteiger partial charge in [0.05, 0.1) is 18.3 Å². The summed E-state index contributed by atoms with van der Waals surface area (Å²) in [5.74, 6) is 0.764. The molecular formula is C27H59N3O7S. The number of carbonyl (C=O) groups is 4. The van der Waals surface area contributed by atoms with E-state index in [1.807, 2.05) is 41.5 Å². The number of sulfonamides is 1. The third-order valence-corrected chi connectivity index (χ3v) is 7.01. The molecule has 230 valence electrons. The van der Waals surface area contributed by atoms with Crippen LogP contribution in [0.5, 0.6) is 0 Å². The monoisotopic (exact) mass is 569 g/mol. The van der Waals surface area contributed by atoms with Gasteiger partial charge in [-0.1, -0.05) is 41.5 Å². The molecule has 0 unspecified atom stereocenters. The van der Waals surface area contributed by atoms with Crippen molar-refractivity contribution in [1.29, 1.82) is 0 Å². The van der Waals surface area contributed by atoms with E-state index in [-0.39, 0.29) is 46.6 Å². The van der Waals surface area contributed by atoms with Crippen LogP contribution < -0.4 is 0 Å². The van der Waals surface area contributed by atoms with E-state index in [1.165, 1.54) is 25.5 Å². The Balaban J connectivity index is -0.000000120. The minimum Gasteiger partial charge on any atom is -0.469 e. The van der Waals surface area contributed by atoms with E-state index >= 15 is 0 Å². The van der Waals surface area contributed by atoms with Gasteiger partial charge in [-0.25, -0.2) is 12.7 Å². The zero-order valence-corrected chi connectivity index (χ0v) is 28.3. The van der Waals surface area contributed by atoms with Crippen molar-refractivity contribution in [1.82, 2.24) is 14.1 Å². The molecule has 0 saturated carbocycles. The molecular weight excluding hydrogens is 510 g/mol. The van der Waals surface area contributed by atoms with Gasteiger partial charge in [0.2, 0.25) is 21.8 Å². The molecule has 0 aromatic rings. The van der Waals surface area contributed by atoms with Crippen molar-refractivity contribution in [3.8, 4) is 0 Å². The van der Waals surface area contributed by atoms with Gasteiger partial charge in [0.15, 0.2) is 0 Å². The van der Waals surface area contributed by atoms with Crippen LogP contribution >= 0.6 is 0 Å². The molecule has 0 N–H and O–H groups in total. The van der Waals surface area contributed by atoms with Crippen LogP contribution in [0.2, 0.25) is 0 Å². The van der Waals surface area contributed by atoms with Crippen molar-refractivity contribution in [2.45, 2.75) is 94.4 Å². The molecule has 0 heterocycles. The summed E-state index contributed by atoms with van der Waals surface area (Å²) in [5, 5.41) is -0.313. The van der Waals surface area contributed by atoms with E-state index in [4.69, 9.17) is 0 Å². The maximum absolute atomic E-state index is 11.0. The molecule has 0 spiro atoms. The molecule has 0 fully saturated rings. The number of ether oxygens (including phenoxy) is 1. The second-order valence-electron chi connectivity index (χ2n) is 10.4. The second-order valence-corrected chi connectivity index (χ2v) is 13.1. The zero-order chi connectivity index (χ0) is 32.1. The Morgan fingerprint density at radius 2 is 1.00 bits per heavy atom. The number of carbonyl (C=O) groups excluding carboxylic acids is 4. The second kappa shape index (κ2) is 24.1. The number of Topliss-reactive ketones (excluding diaryl/α,β-unsaturated/α-hetero) is 1. The van der Waals surface area contributed by atoms with Crippen LogP contribution in [0.1, 0.15) is 83.1 Å². The maximum atomic E-state index is 11.0. The van der Waals surface area contributed by atoms with Crippen molar-refractivity contribution in [2.75, 3.05) is 42.3 Å². The first-order valence-corrected chi connectivity index (χ1v) is 14.3. The number of hydrogen-bond donors (Lipinski definition) is 0. The topological polar surface area (TPSA) is 121 Å². The largest absolute Gasteiger partial charge is 0.469 e. The van der Waals surface area contributed by atoms with Crippen LogP contribution in [0, 0.1) is 17.8 Å². The number of methoxy groups -OCH3 is 1. The average molecular weight is 570 g/mol. The summed E-state index contributed by atoms with van der Waals surface area (Å²) in [7, 11) is 6.81. The predicted octanol–water partition coefficient (Wildman–Crippen LogP) is 3.94. The highest BCUT2D eigenvalue weighted by Gasteiger charge is 2.17. The molecule has 38 heavy (non-hydrogen) atoms. The zero-order valence-electron chi connectivity index (χ0n) is 27.5. The van der Waals surface area contributed by atoms with Crippen LogP contribution in [-0.2, 0) is 33.9 Å². The summed E-state index contributed by atoms with van der Waals surface area (Å²) >= 11 is 0. The Morgan fingerprint density at radius 1 is 0.658 bits per heavy atom. The molecule has 0 bridgehead atoms. The number of nitrogens with zero attached hydrogens (tertiary/aromatic N) is 3. The summed E-state index contributed by atoms with van der Waals surface area (Å²) in [6.45, 7) is 21.6. The van der Waals surface area contributed by atoms with E-state index in [9.17, 15) is 27.6 Å². The summed E-state index contributed by atoms with van der Waals surface area (Å²) < 4.78 is 27.5. The van der Waals surface area contributed by atoms with E-state index < -0.39 is 10.0 Å². The van der Waals surface area contributed by atoms with Crippen LogP contribution in [0.15, 0.2) is 0 Å². The highest BCUT2D eigenvalue weighted by molar-refractivity contribution is 7.89. The molecule has 11 heteroatoms. The molecule has 0 saturated heterocycles. The lowest BCUT2D eigenvalue weighted by Crippen LogP contribution is -2.30. The lowest BCUT2D eigenvalue weighted by molar-refractivity contribution is -0.144. The minimum atomic E-state index is -2.98. The third-order valence-electron chi connectivity index (χ3n) is 4.80. The third kappa shape index (κ3) is 28.6. The van der Waals surface area contributed by atoms with Crippen molar-refractivity contribution in [3.05, 3.63) is 0 Å². The molecule has 0 radical (unpaired) electrons. The molecule has 0 aliphatic carbocycles. The van der Waals surface area contributed by atoms with Crippen molar-refractivity contribution in [3.63, 3.8) is 0 Å². The van der Waals surface area contributed by atoms with Crippen LogP contribution in [0.4, 0.5) is 0 Å². The first-order chi connectivity index (χ1) is 16.8. The molecule has 2 amide bonds. The first-order valence-electron chi connectivity index (χ1n) is 12.8. The van der Waals surface area contributed by atoms with Crippen molar-refractivity contribution >= 4 is 33.6 Å². The number of ketones is 1. The van der Waals surface area contributed by atoms with Crippen molar-refractivity contribution < 1.29 is 32.3 Å². The van der Waals surface area contributed by atoms with Gasteiger partial charge < -0.3 is 14.5 Å². The Bertz CT molecular complexity index is 735. The number of esters is 1. The smallest absolute Gasteiger partial charge is 0.308 e. The summed E-state index contributed by atoms with van der Waals surface area (Å²) in [5.41, 5.74) is 0. The summed E-state index contributed by atoms with van der Waals surface area (Å²) in [6, 6.07) is 0.326. The standard InChI is InChI=1S/2C6H13NO.C5H13NO2S.C5H10O2.C5H10O/c1-5(2)6(8)7(3)4;1-5(2)7(4)6(3)8;1-5(2)9(7,8)6(3)4;1-4(2)5(6)7-3;1-4(2)5(3)6/h2*5H,1-4H3;5H,1-4H3;4H,1-3H3;4H,1-3H3. The Labute approximate surface area is 234 Å². The van der Waals surface area contributed by atoms with E-state index in [0.29, 0.717) is 6.04 Å². The van der Waals surface area contributed by atoms with Gasteiger partial charge >= 0.3 is 5.97 Å². The van der Waals surface area contributed by atoms with Gasteiger partial charge in [0.1, 0.15) is 5.78 Å². The Kier molecular flexibility index (Phi) is 29.0.